The minimum Gasteiger partial charge on any atom is -0.383 e. The van der Waals surface area contributed by atoms with Gasteiger partial charge in [0.2, 0.25) is 0 Å². The molecule has 1 aromatic carbocycles. The number of benzene rings is 1. The van der Waals surface area contributed by atoms with Gasteiger partial charge in [-0.3, -0.25) is 0 Å². The van der Waals surface area contributed by atoms with Crippen molar-refractivity contribution >= 4 is 39.1 Å². The number of rotatable bonds is 5. The number of fused-ring (bicyclic) bond motifs is 2. The molecule has 7 nitrogen and oxygen atoms in total. The van der Waals surface area contributed by atoms with Crippen LogP contribution in [-0.2, 0) is 0 Å². The molecule has 0 unspecified atom stereocenters. The van der Waals surface area contributed by atoms with E-state index in [4.69, 9.17) is 10.8 Å². The van der Waals surface area contributed by atoms with Crippen LogP contribution in [-0.4, -0.2) is 50.3 Å². The Balaban J connectivity index is 1.47. The maximum Gasteiger partial charge on any atom is 0.164 e. The predicted octanol–water partition coefficient (Wildman–Crippen LogP) is 5.00. The zero-order valence-electron chi connectivity index (χ0n) is 18.9. The first kappa shape index (κ1) is 21.1. The standard InChI is InChI=1S/C25H24FN7S/c1-32(2)12-14-10-16(11-14)33-25-20(24(27)28-13-29-25)23(31-33)17-7-5-15-6-8-18(19-4-3-9-34-19)30-22(15)21(17)26/h3-9,13-14,16H,10-12H2,1-2H3,(H2,27,28,29). The second-order valence-electron chi connectivity index (χ2n) is 9.18. The number of anilines is 1. The summed E-state index contributed by atoms with van der Waals surface area (Å²) < 4.78 is 17.9. The van der Waals surface area contributed by atoms with Crippen molar-refractivity contribution in [3.05, 3.63) is 53.9 Å². The molecular formula is C25H24FN7S. The lowest BCUT2D eigenvalue weighted by atomic mass is 9.80. The van der Waals surface area contributed by atoms with E-state index in [0.29, 0.717) is 39.5 Å². The minimum atomic E-state index is -0.412. The number of nitrogen functional groups attached to an aromatic ring is 1. The van der Waals surface area contributed by atoms with Crippen molar-refractivity contribution in [3.8, 4) is 21.8 Å². The van der Waals surface area contributed by atoms with Crippen LogP contribution in [0.5, 0.6) is 0 Å². The lowest BCUT2D eigenvalue weighted by Gasteiger charge is -2.37. The summed E-state index contributed by atoms with van der Waals surface area (Å²) in [5.74, 6) is 0.499. The largest absolute Gasteiger partial charge is 0.383 e. The molecule has 0 spiro atoms. The van der Waals surface area contributed by atoms with Gasteiger partial charge in [0.15, 0.2) is 11.5 Å². The van der Waals surface area contributed by atoms with Gasteiger partial charge in [0.1, 0.15) is 23.4 Å². The number of aromatic nitrogens is 5. The van der Waals surface area contributed by atoms with Gasteiger partial charge in [0.25, 0.3) is 0 Å². The molecule has 6 rings (SSSR count). The van der Waals surface area contributed by atoms with Crippen LogP contribution < -0.4 is 5.73 Å². The molecule has 4 heterocycles. The number of nitrogens with two attached hydrogens (primary N) is 1. The first-order valence-electron chi connectivity index (χ1n) is 11.3. The molecule has 0 radical (unpaired) electrons. The fraction of sp³-hybridized carbons (Fsp3) is 0.280. The van der Waals surface area contributed by atoms with Crippen LogP contribution in [0.4, 0.5) is 10.2 Å². The van der Waals surface area contributed by atoms with E-state index in [9.17, 15) is 0 Å². The molecule has 1 fully saturated rings. The molecule has 0 aliphatic heterocycles. The third-order valence-electron chi connectivity index (χ3n) is 6.53. The minimum absolute atomic E-state index is 0.211. The fourth-order valence-electron chi connectivity index (χ4n) is 4.90. The number of pyridine rings is 1. The first-order valence-corrected chi connectivity index (χ1v) is 12.1. The van der Waals surface area contributed by atoms with Crippen LogP contribution >= 0.6 is 11.3 Å². The molecule has 0 saturated heterocycles. The van der Waals surface area contributed by atoms with Crippen molar-refractivity contribution in [2.75, 3.05) is 26.4 Å². The molecule has 0 amide bonds. The van der Waals surface area contributed by atoms with Crippen LogP contribution in [0.25, 0.3) is 43.8 Å². The van der Waals surface area contributed by atoms with E-state index >= 15 is 4.39 Å². The first-order chi connectivity index (χ1) is 16.5. The number of thiophene rings is 1. The number of hydrogen-bond donors (Lipinski definition) is 1. The molecule has 1 saturated carbocycles. The van der Waals surface area contributed by atoms with Gasteiger partial charge >= 0.3 is 0 Å². The van der Waals surface area contributed by atoms with Crippen molar-refractivity contribution in [3.63, 3.8) is 0 Å². The second kappa shape index (κ2) is 8.11. The van der Waals surface area contributed by atoms with Gasteiger partial charge < -0.3 is 10.6 Å². The highest BCUT2D eigenvalue weighted by molar-refractivity contribution is 7.13. The summed E-state index contributed by atoms with van der Waals surface area (Å²) in [7, 11) is 4.17. The maximum atomic E-state index is 16.0. The highest BCUT2D eigenvalue weighted by Gasteiger charge is 2.34. The smallest absolute Gasteiger partial charge is 0.164 e. The van der Waals surface area contributed by atoms with E-state index in [2.05, 4.69) is 33.9 Å². The highest BCUT2D eigenvalue weighted by Crippen LogP contribution is 2.42. The van der Waals surface area contributed by atoms with Gasteiger partial charge in [-0.1, -0.05) is 18.2 Å². The molecular weight excluding hydrogens is 449 g/mol. The van der Waals surface area contributed by atoms with Crippen LogP contribution in [0.15, 0.2) is 48.1 Å². The molecule has 4 aromatic heterocycles. The maximum absolute atomic E-state index is 16.0. The monoisotopic (exact) mass is 473 g/mol. The fourth-order valence-corrected chi connectivity index (χ4v) is 5.60. The summed E-state index contributed by atoms with van der Waals surface area (Å²) in [6.45, 7) is 1.04. The Morgan fingerprint density at radius 1 is 1.15 bits per heavy atom. The Labute approximate surface area is 200 Å². The third-order valence-corrected chi connectivity index (χ3v) is 7.42. The molecule has 172 valence electrons. The zero-order chi connectivity index (χ0) is 23.4. The number of nitrogens with zero attached hydrogens (tertiary/aromatic N) is 6. The highest BCUT2D eigenvalue weighted by atomic mass is 32.1. The molecule has 0 bridgehead atoms. The van der Waals surface area contributed by atoms with Gasteiger partial charge in [0.05, 0.1) is 22.0 Å². The zero-order valence-corrected chi connectivity index (χ0v) is 19.8. The van der Waals surface area contributed by atoms with Gasteiger partial charge in [-0.05, 0) is 56.4 Å². The Kier molecular flexibility index (Phi) is 5.04. The van der Waals surface area contributed by atoms with Gasteiger partial charge in [-0.25, -0.2) is 24.0 Å². The predicted molar refractivity (Wildman–Crippen MR) is 134 cm³/mol. The van der Waals surface area contributed by atoms with Crippen LogP contribution in [0.1, 0.15) is 18.9 Å². The van der Waals surface area contributed by atoms with E-state index in [1.165, 1.54) is 6.33 Å². The van der Waals surface area contributed by atoms with Crippen LogP contribution in [0, 0.1) is 11.7 Å². The Morgan fingerprint density at radius 2 is 1.97 bits per heavy atom. The quantitative estimate of drug-likeness (QED) is 0.386. The summed E-state index contributed by atoms with van der Waals surface area (Å²) in [6, 6.07) is 11.6. The van der Waals surface area contributed by atoms with Gasteiger partial charge in [-0.2, -0.15) is 5.10 Å². The Bertz CT molecular complexity index is 1500. The van der Waals surface area contributed by atoms with E-state index in [1.54, 1.807) is 17.4 Å². The van der Waals surface area contributed by atoms with Crippen LogP contribution in [0.2, 0.25) is 0 Å². The molecule has 2 N–H and O–H groups in total. The molecule has 1 aliphatic rings. The van der Waals surface area contributed by atoms with E-state index in [0.717, 1.165) is 35.3 Å². The summed E-state index contributed by atoms with van der Waals surface area (Å²) >= 11 is 1.58. The topological polar surface area (TPSA) is 85.8 Å². The average Bonchev–Trinajstić information content (AvgIpc) is 3.45. The molecule has 9 heteroatoms. The second-order valence-corrected chi connectivity index (χ2v) is 10.1. The van der Waals surface area contributed by atoms with Gasteiger partial charge in [0, 0.05) is 17.5 Å². The van der Waals surface area contributed by atoms with E-state index in [1.807, 2.05) is 40.4 Å². The number of halogens is 1. The lowest BCUT2D eigenvalue weighted by Crippen LogP contribution is -2.34. The molecule has 5 aromatic rings. The summed E-state index contributed by atoms with van der Waals surface area (Å²) in [6.07, 6.45) is 3.45. The van der Waals surface area contributed by atoms with Crippen molar-refractivity contribution in [1.29, 1.82) is 0 Å². The van der Waals surface area contributed by atoms with Crippen molar-refractivity contribution < 1.29 is 4.39 Å². The SMILES string of the molecule is CN(C)CC1CC(n2nc(-c3ccc4ccc(-c5cccs5)nc4c3F)c3c(N)ncnc32)C1. The summed E-state index contributed by atoms with van der Waals surface area (Å²) in [4.78, 5) is 16.5. The number of hydrogen-bond acceptors (Lipinski definition) is 7. The molecule has 34 heavy (non-hydrogen) atoms. The van der Waals surface area contributed by atoms with Crippen molar-refractivity contribution in [1.82, 2.24) is 29.6 Å². The third kappa shape index (κ3) is 3.43. The van der Waals surface area contributed by atoms with Crippen molar-refractivity contribution in [2.24, 2.45) is 5.92 Å². The summed E-state index contributed by atoms with van der Waals surface area (Å²) in [5.41, 5.74) is 8.80. The Morgan fingerprint density at radius 3 is 2.74 bits per heavy atom. The molecule has 1 aliphatic carbocycles. The van der Waals surface area contributed by atoms with E-state index in [-0.39, 0.29) is 6.04 Å². The van der Waals surface area contributed by atoms with Gasteiger partial charge in [-0.15, -0.1) is 11.3 Å². The molecule has 0 atom stereocenters. The summed E-state index contributed by atoms with van der Waals surface area (Å²) in [5, 5.41) is 8.16. The lowest BCUT2D eigenvalue weighted by molar-refractivity contribution is 0.149. The normalized spacial score (nSPS) is 18.1. The Hall–Kier alpha value is -3.43. The van der Waals surface area contributed by atoms with Crippen LogP contribution in [0.3, 0.4) is 0 Å². The van der Waals surface area contributed by atoms with Crippen molar-refractivity contribution in [2.45, 2.75) is 18.9 Å². The van der Waals surface area contributed by atoms with E-state index < -0.39 is 5.82 Å². The average molecular weight is 474 g/mol.